The van der Waals surface area contributed by atoms with Crippen LogP contribution in [0.5, 0.6) is 0 Å². The monoisotopic (exact) mass is 321 g/mol. The first-order chi connectivity index (χ1) is 11.0. The number of amides is 3. The standard InChI is InChI=1S/C17H24FN3O2/c1-3-12(2)19-17(23)20-16(22)11-21(14-8-9-14)10-13-6-4-5-7-15(13)18/h4-7,12,14H,3,8-11H2,1-2H3,(H2,19,20,22,23)/t12-/m1/s1. The maximum absolute atomic E-state index is 13.8. The number of urea groups is 1. The summed E-state index contributed by atoms with van der Waals surface area (Å²) in [6, 6.07) is 6.39. The summed E-state index contributed by atoms with van der Waals surface area (Å²) >= 11 is 0. The van der Waals surface area contributed by atoms with Gasteiger partial charge in [0.2, 0.25) is 5.91 Å². The average molecular weight is 321 g/mol. The Labute approximate surface area is 136 Å². The Kier molecular flexibility index (Phi) is 6.10. The predicted octanol–water partition coefficient (Wildman–Crippen LogP) is 2.41. The summed E-state index contributed by atoms with van der Waals surface area (Å²) in [5.41, 5.74) is 0.566. The molecule has 0 saturated heterocycles. The molecule has 1 aliphatic rings. The molecule has 1 saturated carbocycles. The van der Waals surface area contributed by atoms with Crippen LogP contribution >= 0.6 is 0 Å². The highest BCUT2D eigenvalue weighted by Crippen LogP contribution is 2.28. The summed E-state index contributed by atoms with van der Waals surface area (Å²) in [6.07, 6.45) is 2.80. The fourth-order valence-electron chi connectivity index (χ4n) is 2.31. The minimum Gasteiger partial charge on any atom is -0.335 e. The van der Waals surface area contributed by atoms with E-state index in [4.69, 9.17) is 0 Å². The summed E-state index contributed by atoms with van der Waals surface area (Å²) < 4.78 is 13.8. The van der Waals surface area contributed by atoms with E-state index in [1.165, 1.54) is 6.07 Å². The van der Waals surface area contributed by atoms with Crippen molar-refractivity contribution in [3.05, 3.63) is 35.6 Å². The lowest BCUT2D eigenvalue weighted by Crippen LogP contribution is -2.47. The number of nitrogens with one attached hydrogen (secondary N) is 2. The molecule has 3 amide bonds. The molecule has 5 nitrogen and oxygen atoms in total. The molecule has 0 aromatic heterocycles. The van der Waals surface area contributed by atoms with Crippen LogP contribution in [0.4, 0.5) is 9.18 Å². The van der Waals surface area contributed by atoms with Crippen molar-refractivity contribution in [3.63, 3.8) is 0 Å². The van der Waals surface area contributed by atoms with E-state index in [9.17, 15) is 14.0 Å². The fraction of sp³-hybridized carbons (Fsp3) is 0.529. The van der Waals surface area contributed by atoms with Gasteiger partial charge in [0.1, 0.15) is 5.82 Å². The van der Waals surface area contributed by atoms with Crippen LogP contribution in [0.2, 0.25) is 0 Å². The highest BCUT2D eigenvalue weighted by atomic mass is 19.1. The number of benzene rings is 1. The first-order valence-corrected chi connectivity index (χ1v) is 8.07. The van der Waals surface area contributed by atoms with E-state index in [0.29, 0.717) is 12.1 Å². The molecule has 0 unspecified atom stereocenters. The predicted molar refractivity (Wildman–Crippen MR) is 86.3 cm³/mol. The fourth-order valence-corrected chi connectivity index (χ4v) is 2.31. The molecule has 126 valence electrons. The van der Waals surface area contributed by atoms with E-state index in [1.807, 2.05) is 18.7 Å². The van der Waals surface area contributed by atoms with Crippen LogP contribution in [0.15, 0.2) is 24.3 Å². The van der Waals surface area contributed by atoms with E-state index in [1.54, 1.807) is 18.2 Å². The van der Waals surface area contributed by atoms with E-state index in [2.05, 4.69) is 10.6 Å². The molecule has 6 heteroatoms. The van der Waals surface area contributed by atoms with Crippen molar-refractivity contribution in [2.75, 3.05) is 6.54 Å². The molecule has 1 aromatic rings. The molecule has 2 N–H and O–H groups in total. The van der Waals surface area contributed by atoms with Crippen LogP contribution in [-0.4, -0.2) is 35.5 Å². The second-order valence-corrected chi connectivity index (χ2v) is 6.06. The highest BCUT2D eigenvalue weighted by molar-refractivity contribution is 5.95. The molecule has 1 fully saturated rings. The van der Waals surface area contributed by atoms with Gasteiger partial charge in [-0.3, -0.25) is 15.0 Å². The third-order valence-corrected chi connectivity index (χ3v) is 3.98. The lowest BCUT2D eigenvalue weighted by molar-refractivity contribution is -0.121. The van der Waals surface area contributed by atoms with Crippen molar-refractivity contribution in [1.82, 2.24) is 15.5 Å². The smallest absolute Gasteiger partial charge is 0.321 e. The topological polar surface area (TPSA) is 61.4 Å². The Morgan fingerprint density at radius 1 is 1.35 bits per heavy atom. The molecule has 1 atom stereocenters. The van der Waals surface area contributed by atoms with E-state index >= 15 is 0 Å². The summed E-state index contributed by atoms with van der Waals surface area (Å²) in [4.78, 5) is 25.6. The van der Waals surface area contributed by atoms with E-state index < -0.39 is 6.03 Å². The SMILES string of the molecule is CC[C@@H](C)NC(=O)NC(=O)CN(Cc1ccccc1F)C1CC1. The summed E-state index contributed by atoms with van der Waals surface area (Å²) in [5, 5.41) is 5.02. The molecule has 0 aliphatic heterocycles. The molecule has 1 aliphatic carbocycles. The van der Waals surface area contributed by atoms with E-state index in [-0.39, 0.29) is 30.4 Å². The number of halogens is 1. The maximum atomic E-state index is 13.8. The Balaban J connectivity index is 1.88. The Morgan fingerprint density at radius 2 is 2.04 bits per heavy atom. The summed E-state index contributed by atoms with van der Waals surface area (Å²) in [7, 11) is 0. The molecule has 0 bridgehead atoms. The zero-order chi connectivity index (χ0) is 16.8. The van der Waals surface area contributed by atoms with Crippen LogP contribution in [0.25, 0.3) is 0 Å². The number of hydrogen-bond donors (Lipinski definition) is 2. The largest absolute Gasteiger partial charge is 0.335 e. The summed E-state index contributed by atoms with van der Waals surface area (Å²) in [6.45, 7) is 4.29. The molecule has 2 rings (SSSR count). The van der Waals surface area contributed by atoms with Crippen molar-refractivity contribution in [3.8, 4) is 0 Å². The second kappa shape index (κ2) is 8.06. The van der Waals surface area contributed by atoms with E-state index in [0.717, 1.165) is 19.3 Å². The lowest BCUT2D eigenvalue weighted by atomic mass is 10.2. The summed E-state index contributed by atoms with van der Waals surface area (Å²) in [5.74, 6) is -0.637. The third kappa shape index (κ3) is 5.63. The second-order valence-electron chi connectivity index (χ2n) is 6.06. The zero-order valence-electron chi connectivity index (χ0n) is 13.6. The first-order valence-electron chi connectivity index (χ1n) is 8.07. The third-order valence-electron chi connectivity index (χ3n) is 3.98. The van der Waals surface area contributed by atoms with Gasteiger partial charge in [-0.15, -0.1) is 0 Å². The zero-order valence-corrected chi connectivity index (χ0v) is 13.6. The molecule has 0 spiro atoms. The molecule has 0 heterocycles. The Bertz CT molecular complexity index is 561. The maximum Gasteiger partial charge on any atom is 0.321 e. The normalized spacial score (nSPS) is 15.3. The van der Waals surface area contributed by atoms with Gasteiger partial charge in [-0.05, 0) is 32.3 Å². The minimum absolute atomic E-state index is 0.0146. The Hall–Kier alpha value is -1.95. The van der Waals surface area contributed by atoms with Crippen molar-refractivity contribution < 1.29 is 14.0 Å². The van der Waals surface area contributed by atoms with Gasteiger partial charge < -0.3 is 5.32 Å². The van der Waals surface area contributed by atoms with Crippen molar-refractivity contribution in [1.29, 1.82) is 0 Å². The molecule has 23 heavy (non-hydrogen) atoms. The molecular weight excluding hydrogens is 297 g/mol. The van der Waals surface area contributed by atoms with Gasteiger partial charge in [-0.25, -0.2) is 9.18 Å². The number of nitrogens with zero attached hydrogens (tertiary/aromatic N) is 1. The minimum atomic E-state index is -0.481. The average Bonchev–Trinajstić information content (AvgIpc) is 3.33. The first kappa shape index (κ1) is 17.4. The van der Waals surface area contributed by atoms with Gasteiger partial charge >= 0.3 is 6.03 Å². The molecule has 0 radical (unpaired) electrons. The molecular formula is C17H24FN3O2. The van der Waals surface area contributed by atoms with Gasteiger partial charge in [0.25, 0.3) is 0 Å². The van der Waals surface area contributed by atoms with Crippen molar-refractivity contribution in [2.24, 2.45) is 0 Å². The van der Waals surface area contributed by atoms with Crippen LogP contribution in [0.3, 0.4) is 0 Å². The van der Waals surface area contributed by atoms with Gasteiger partial charge in [0, 0.05) is 24.2 Å². The van der Waals surface area contributed by atoms with Crippen LogP contribution in [0, 0.1) is 5.82 Å². The number of hydrogen-bond acceptors (Lipinski definition) is 3. The number of rotatable bonds is 7. The van der Waals surface area contributed by atoms with Crippen LogP contribution < -0.4 is 10.6 Å². The van der Waals surface area contributed by atoms with Crippen LogP contribution in [-0.2, 0) is 11.3 Å². The van der Waals surface area contributed by atoms with Crippen LogP contribution in [0.1, 0.15) is 38.7 Å². The Morgan fingerprint density at radius 3 is 2.65 bits per heavy atom. The van der Waals surface area contributed by atoms with Gasteiger partial charge in [-0.1, -0.05) is 25.1 Å². The van der Waals surface area contributed by atoms with Crippen molar-refractivity contribution in [2.45, 2.75) is 51.7 Å². The quantitative estimate of drug-likeness (QED) is 0.811. The van der Waals surface area contributed by atoms with Gasteiger partial charge in [0.15, 0.2) is 0 Å². The highest BCUT2D eigenvalue weighted by Gasteiger charge is 2.31. The van der Waals surface area contributed by atoms with Gasteiger partial charge in [-0.2, -0.15) is 0 Å². The van der Waals surface area contributed by atoms with Gasteiger partial charge in [0.05, 0.1) is 6.54 Å². The number of carbonyl (C=O) groups is 2. The molecule has 1 aromatic carbocycles. The van der Waals surface area contributed by atoms with Crippen molar-refractivity contribution >= 4 is 11.9 Å². The number of imide groups is 1. The lowest BCUT2D eigenvalue weighted by Gasteiger charge is -2.22. The number of carbonyl (C=O) groups excluding carboxylic acids is 2.